The van der Waals surface area contributed by atoms with Gasteiger partial charge in [0.25, 0.3) is 0 Å². The van der Waals surface area contributed by atoms with Crippen molar-refractivity contribution in [1.29, 1.82) is 0 Å². The van der Waals surface area contributed by atoms with E-state index in [4.69, 9.17) is 28.9 Å². The van der Waals surface area contributed by atoms with Crippen molar-refractivity contribution >= 4 is 40.2 Å². The van der Waals surface area contributed by atoms with Crippen molar-refractivity contribution in [3.05, 3.63) is 22.2 Å². The lowest BCUT2D eigenvalue weighted by Gasteiger charge is -2.05. The topological polar surface area (TPSA) is 43.8 Å². The van der Waals surface area contributed by atoms with Gasteiger partial charge in [-0.15, -0.1) is 0 Å². The summed E-state index contributed by atoms with van der Waals surface area (Å²) < 4.78 is 2.09. The zero-order valence-electron chi connectivity index (χ0n) is 9.45. The van der Waals surface area contributed by atoms with Crippen LogP contribution < -0.4 is 5.73 Å². The lowest BCUT2D eigenvalue weighted by Crippen LogP contribution is -2.02. The van der Waals surface area contributed by atoms with Gasteiger partial charge in [-0.1, -0.05) is 36.5 Å². The summed E-state index contributed by atoms with van der Waals surface area (Å²) in [5, 5.41) is 1.07. The molecule has 2 atom stereocenters. The van der Waals surface area contributed by atoms with Crippen LogP contribution in [0, 0.1) is 5.92 Å². The molecule has 1 aromatic heterocycles. The molecule has 0 bridgehead atoms. The van der Waals surface area contributed by atoms with Crippen molar-refractivity contribution in [2.75, 3.05) is 5.73 Å². The monoisotopic (exact) mass is 269 g/mol. The lowest BCUT2D eigenvalue weighted by atomic mass is 10.3. The predicted molar refractivity (Wildman–Crippen MR) is 71.6 cm³/mol. The van der Waals surface area contributed by atoms with Gasteiger partial charge >= 0.3 is 0 Å². The van der Waals surface area contributed by atoms with E-state index in [1.165, 1.54) is 12.8 Å². The molecule has 5 heteroatoms. The third-order valence-electron chi connectivity index (χ3n) is 3.50. The van der Waals surface area contributed by atoms with E-state index in [2.05, 4.69) is 16.5 Å². The summed E-state index contributed by atoms with van der Waals surface area (Å²) >= 11 is 12.0. The molecular weight excluding hydrogens is 257 g/mol. The highest BCUT2D eigenvalue weighted by Crippen LogP contribution is 2.48. The Kier molecular flexibility index (Phi) is 2.49. The van der Waals surface area contributed by atoms with Gasteiger partial charge in [-0.25, -0.2) is 4.98 Å². The maximum absolute atomic E-state index is 6.05. The number of hydrogen-bond donors (Lipinski definition) is 1. The molecule has 2 unspecified atom stereocenters. The number of hydrogen-bond acceptors (Lipinski definition) is 2. The molecule has 3 nitrogen and oxygen atoms in total. The highest BCUT2D eigenvalue weighted by atomic mass is 35.5. The van der Waals surface area contributed by atoms with Gasteiger partial charge in [0, 0.05) is 6.04 Å². The van der Waals surface area contributed by atoms with Crippen LogP contribution in [0.2, 0.25) is 10.0 Å². The van der Waals surface area contributed by atoms with Gasteiger partial charge in [-0.05, 0) is 24.5 Å². The van der Waals surface area contributed by atoms with Crippen LogP contribution in [0.15, 0.2) is 12.1 Å². The van der Waals surface area contributed by atoms with E-state index >= 15 is 0 Å². The fourth-order valence-electron chi connectivity index (χ4n) is 2.44. The number of nitrogen functional groups attached to an aromatic ring is 1. The second-order valence-electron chi connectivity index (χ2n) is 4.57. The normalized spacial score (nSPS) is 23.2. The first-order chi connectivity index (χ1) is 8.11. The molecule has 1 aromatic carbocycles. The molecule has 17 heavy (non-hydrogen) atoms. The molecule has 0 spiro atoms. The molecule has 1 aliphatic rings. The fourth-order valence-corrected chi connectivity index (χ4v) is 2.76. The Morgan fingerprint density at radius 1 is 1.41 bits per heavy atom. The Morgan fingerprint density at radius 2 is 2.12 bits per heavy atom. The molecule has 0 saturated heterocycles. The minimum absolute atomic E-state index is 0.474. The van der Waals surface area contributed by atoms with Crippen molar-refractivity contribution in [3.8, 4) is 0 Å². The quantitative estimate of drug-likeness (QED) is 0.899. The first-order valence-corrected chi connectivity index (χ1v) is 6.50. The summed E-state index contributed by atoms with van der Waals surface area (Å²) in [4.78, 5) is 4.34. The minimum atomic E-state index is 0.474. The smallest absolute Gasteiger partial charge is 0.201 e. The van der Waals surface area contributed by atoms with Crippen LogP contribution in [0.4, 0.5) is 5.95 Å². The minimum Gasteiger partial charge on any atom is -0.369 e. The SMILES string of the molecule is CCC1CC1n1c(N)nc2cc(Cl)c(Cl)cc21. The number of anilines is 1. The van der Waals surface area contributed by atoms with E-state index in [-0.39, 0.29) is 0 Å². The molecule has 1 saturated carbocycles. The first-order valence-electron chi connectivity index (χ1n) is 5.74. The lowest BCUT2D eigenvalue weighted by molar-refractivity contribution is 0.661. The van der Waals surface area contributed by atoms with Gasteiger partial charge in [0.2, 0.25) is 5.95 Å². The van der Waals surface area contributed by atoms with E-state index in [1.807, 2.05) is 6.07 Å². The fraction of sp³-hybridized carbons (Fsp3) is 0.417. The van der Waals surface area contributed by atoms with Gasteiger partial charge in [0.1, 0.15) is 0 Å². The summed E-state index contributed by atoms with van der Waals surface area (Å²) in [6.45, 7) is 2.20. The zero-order chi connectivity index (χ0) is 12.2. The predicted octanol–water partition coefficient (Wildman–Crippen LogP) is 3.90. The van der Waals surface area contributed by atoms with E-state index in [1.54, 1.807) is 6.07 Å². The van der Waals surface area contributed by atoms with Crippen LogP contribution in [0.1, 0.15) is 25.8 Å². The van der Waals surface area contributed by atoms with E-state index in [9.17, 15) is 0 Å². The summed E-state index contributed by atoms with van der Waals surface area (Å²) in [6, 6.07) is 4.10. The van der Waals surface area contributed by atoms with Crippen LogP contribution in [0.5, 0.6) is 0 Å². The summed E-state index contributed by atoms with van der Waals surface area (Å²) in [7, 11) is 0. The number of imidazole rings is 1. The summed E-state index contributed by atoms with van der Waals surface area (Å²) in [5.74, 6) is 1.27. The number of nitrogens with two attached hydrogens (primary N) is 1. The van der Waals surface area contributed by atoms with Crippen LogP contribution in [-0.4, -0.2) is 9.55 Å². The Labute approximate surface area is 110 Å². The van der Waals surface area contributed by atoms with Crippen molar-refractivity contribution in [2.45, 2.75) is 25.8 Å². The van der Waals surface area contributed by atoms with Crippen LogP contribution >= 0.6 is 23.2 Å². The number of rotatable bonds is 2. The maximum Gasteiger partial charge on any atom is 0.201 e. The highest BCUT2D eigenvalue weighted by Gasteiger charge is 2.39. The Bertz CT molecular complexity index is 591. The number of fused-ring (bicyclic) bond motifs is 1. The molecule has 90 valence electrons. The Hall–Kier alpha value is -0.930. The third kappa shape index (κ3) is 1.69. The molecule has 1 fully saturated rings. The van der Waals surface area contributed by atoms with E-state index in [0.717, 1.165) is 11.0 Å². The number of nitrogens with zero attached hydrogens (tertiary/aromatic N) is 2. The maximum atomic E-state index is 6.05. The van der Waals surface area contributed by atoms with Crippen LogP contribution in [0.25, 0.3) is 11.0 Å². The molecule has 1 heterocycles. The highest BCUT2D eigenvalue weighted by molar-refractivity contribution is 6.42. The molecule has 1 aliphatic carbocycles. The summed E-state index contributed by atoms with van der Waals surface area (Å²) in [6.07, 6.45) is 2.34. The molecule has 0 aliphatic heterocycles. The molecule has 2 N–H and O–H groups in total. The van der Waals surface area contributed by atoms with Crippen molar-refractivity contribution < 1.29 is 0 Å². The van der Waals surface area contributed by atoms with E-state index in [0.29, 0.717) is 28.0 Å². The van der Waals surface area contributed by atoms with Gasteiger partial charge in [0.15, 0.2) is 0 Å². The third-order valence-corrected chi connectivity index (χ3v) is 4.22. The number of aromatic nitrogens is 2. The standard InChI is InChI=1S/C12H13Cl2N3/c1-2-6-3-10(6)17-11-5-8(14)7(13)4-9(11)16-12(17)15/h4-6,10H,2-3H2,1H3,(H2,15,16). The van der Waals surface area contributed by atoms with Crippen molar-refractivity contribution in [2.24, 2.45) is 5.92 Å². The zero-order valence-corrected chi connectivity index (χ0v) is 11.0. The van der Waals surface area contributed by atoms with Gasteiger partial charge in [0.05, 0.1) is 21.1 Å². The largest absolute Gasteiger partial charge is 0.369 e. The van der Waals surface area contributed by atoms with Crippen molar-refractivity contribution in [3.63, 3.8) is 0 Å². The molecule has 2 aromatic rings. The molecular formula is C12H13Cl2N3. The second-order valence-corrected chi connectivity index (χ2v) is 5.38. The van der Waals surface area contributed by atoms with Crippen LogP contribution in [0.3, 0.4) is 0 Å². The molecule has 0 amide bonds. The average Bonchev–Trinajstić information content (AvgIpc) is 2.98. The Balaban J connectivity index is 2.17. The number of benzene rings is 1. The molecule has 0 radical (unpaired) electrons. The summed E-state index contributed by atoms with van der Waals surface area (Å²) in [5.41, 5.74) is 7.78. The number of halogens is 2. The van der Waals surface area contributed by atoms with Crippen LogP contribution in [-0.2, 0) is 0 Å². The Morgan fingerprint density at radius 3 is 2.76 bits per heavy atom. The first kappa shape index (κ1) is 11.2. The second kappa shape index (κ2) is 3.79. The average molecular weight is 270 g/mol. The van der Waals surface area contributed by atoms with Gasteiger partial charge in [-0.2, -0.15) is 0 Å². The van der Waals surface area contributed by atoms with Gasteiger partial charge < -0.3 is 10.3 Å². The van der Waals surface area contributed by atoms with Crippen molar-refractivity contribution in [1.82, 2.24) is 9.55 Å². The molecule has 3 rings (SSSR count). The van der Waals surface area contributed by atoms with E-state index < -0.39 is 0 Å². The van der Waals surface area contributed by atoms with Gasteiger partial charge in [-0.3, -0.25) is 0 Å².